The average molecular weight is 410 g/mol. The van der Waals surface area contributed by atoms with Crippen molar-refractivity contribution in [2.75, 3.05) is 0 Å². The first-order valence-corrected chi connectivity index (χ1v) is 11.0. The molecule has 3 aromatic carbocycles. The van der Waals surface area contributed by atoms with Gasteiger partial charge in [-0.25, -0.2) is 0 Å². The van der Waals surface area contributed by atoms with Gasteiger partial charge in [0.1, 0.15) is 12.4 Å². The van der Waals surface area contributed by atoms with E-state index < -0.39 is 0 Å². The second-order valence-corrected chi connectivity index (χ2v) is 8.67. The molecule has 0 saturated heterocycles. The molecule has 0 saturated carbocycles. The second-order valence-electron chi connectivity index (χ2n) is 8.67. The van der Waals surface area contributed by atoms with Gasteiger partial charge in [0, 0.05) is 11.9 Å². The Morgan fingerprint density at radius 3 is 2.55 bits per heavy atom. The first-order valence-electron chi connectivity index (χ1n) is 11.0. The molecule has 0 bridgehead atoms. The van der Waals surface area contributed by atoms with Crippen LogP contribution >= 0.6 is 0 Å². The highest BCUT2D eigenvalue weighted by Gasteiger charge is 2.24. The third kappa shape index (κ3) is 3.44. The van der Waals surface area contributed by atoms with Gasteiger partial charge in [-0.1, -0.05) is 60.2 Å². The smallest absolute Gasteiger partial charge is 0.262 e. The van der Waals surface area contributed by atoms with Crippen LogP contribution in [0.25, 0.3) is 22.0 Å². The highest BCUT2D eigenvalue weighted by Crippen LogP contribution is 2.38. The number of rotatable bonds is 4. The molecule has 1 aliphatic rings. The van der Waals surface area contributed by atoms with Crippen LogP contribution in [-0.4, -0.2) is 4.57 Å². The van der Waals surface area contributed by atoms with Crippen LogP contribution in [0.1, 0.15) is 34.2 Å². The van der Waals surface area contributed by atoms with Crippen molar-refractivity contribution in [1.29, 1.82) is 0 Å². The molecule has 31 heavy (non-hydrogen) atoms. The average Bonchev–Trinajstić information content (AvgIpc) is 2.77. The van der Waals surface area contributed by atoms with Crippen LogP contribution in [0.5, 0.6) is 5.75 Å². The fourth-order valence-electron chi connectivity index (χ4n) is 4.76. The number of nitrogens with zero attached hydrogens (tertiary/aromatic N) is 1. The molecule has 0 fully saturated rings. The molecule has 1 aromatic heterocycles. The Morgan fingerprint density at radius 1 is 0.935 bits per heavy atom. The van der Waals surface area contributed by atoms with Crippen LogP contribution in [0.4, 0.5) is 0 Å². The van der Waals surface area contributed by atoms with E-state index in [1.165, 1.54) is 22.3 Å². The topological polar surface area (TPSA) is 31.2 Å². The summed E-state index contributed by atoms with van der Waals surface area (Å²) in [5.41, 5.74) is 8.65. The number of aryl methyl sites for hydroxylation is 5. The van der Waals surface area contributed by atoms with E-state index in [0.29, 0.717) is 17.9 Å². The minimum Gasteiger partial charge on any atom is -0.487 e. The molecule has 0 amide bonds. The molecule has 1 aliphatic heterocycles. The SMILES string of the molecule is Cc1ccc(C)c(COc2c(-c3ccccc3)c(=O)n3c4c(cc(C)cc24)CCC3)c1. The van der Waals surface area contributed by atoms with E-state index in [1.54, 1.807) is 0 Å². The number of ether oxygens (including phenoxy) is 1. The Balaban J connectivity index is 1.77. The van der Waals surface area contributed by atoms with Crippen LogP contribution in [0.2, 0.25) is 0 Å². The van der Waals surface area contributed by atoms with Gasteiger partial charge in [0.05, 0.1) is 11.1 Å². The molecule has 0 unspecified atom stereocenters. The predicted octanol–water partition coefficient (Wildman–Crippen LogP) is 6.12. The summed E-state index contributed by atoms with van der Waals surface area (Å²) < 4.78 is 8.49. The zero-order valence-electron chi connectivity index (χ0n) is 18.4. The van der Waals surface area contributed by atoms with Gasteiger partial charge >= 0.3 is 0 Å². The van der Waals surface area contributed by atoms with Crippen molar-refractivity contribution < 1.29 is 4.74 Å². The van der Waals surface area contributed by atoms with Crippen molar-refractivity contribution in [2.45, 2.75) is 46.8 Å². The van der Waals surface area contributed by atoms with Gasteiger partial charge in [-0.15, -0.1) is 0 Å². The number of pyridine rings is 1. The monoisotopic (exact) mass is 409 g/mol. The lowest BCUT2D eigenvalue weighted by Gasteiger charge is -2.24. The molecular formula is C28H27NO2. The largest absolute Gasteiger partial charge is 0.487 e. The normalized spacial score (nSPS) is 12.9. The Morgan fingerprint density at radius 2 is 1.74 bits per heavy atom. The maximum Gasteiger partial charge on any atom is 0.262 e. The Kier molecular flexibility index (Phi) is 4.90. The van der Waals surface area contributed by atoms with Crippen molar-refractivity contribution in [3.05, 3.63) is 98.8 Å². The summed E-state index contributed by atoms with van der Waals surface area (Å²) in [6.07, 6.45) is 1.99. The third-order valence-corrected chi connectivity index (χ3v) is 6.30. The van der Waals surface area contributed by atoms with E-state index in [-0.39, 0.29) is 5.56 Å². The standard InChI is InChI=1S/C28H27NO2/c1-18-11-12-20(3)23(14-18)17-31-27-24-16-19(2)15-22-10-7-13-29(26(22)24)28(30)25(27)21-8-5-4-6-9-21/h4-6,8-9,11-12,14-16H,7,10,13,17H2,1-3H3. The van der Waals surface area contributed by atoms with Crippen LogP contribution in [0.3, 0.4) is 0 Å². The van der Waals surface area contributed by atoms with Gasteiger partial charge in [0.2, 0.25) is 0 Å². The second kappa shape index (κ2) is 7.73. The van der Waals surface area contributed by atoms with E-state index in [0.717, 1.165) is 41.4 Å². The molecule has 5 rings (SSSR count). The molecular weight excluding hydrogens is 382 g/mol. The highest BCUT2D eigenvalue weighted by molar-refractivity contribution is 5.95. The van der Waals surface area contributed by atoms with Crippen molar-refractivity contribution in [1.82, 2.24) is 4.57 Å². The summed E-state index contributed by atoms with van der Waals surface area (Å²) in [6.45, 7) is 7.51. The molecule has 3 nitrogen and oxygen atoms in total. The fourth-order valence-corrected chi connectivity index (χ4v) is 4.76. The summed E-state index contributed by atoms with van der Waals surface area (Å²) in [5.74, 6) is 0.704. The number of hydrogen-bond acceptors (Lipinski definition) is 2. The highest BCUT2D eigenvalue weighted by atomic mass is 16.5. The molecule has 0 spiro atoms. The zero-order valence-corrected chi connectivity index (χ0v) is 18.4. The first-order chi connectivity index (χ1) is 15.0. The molecule has 4 aromatic rings. The van der Waals surface area contributed by atoms with Crippen LogP contribution < -0.4 is 10.3 Å². The summed E-state index contributed by atoms with van der Waals surface area (Å²) in [4.78, 5) is 13.7. The van der Waals surface area contributed by atoms with Crippen molar-refractivity contribution in [2.24, 2.45) is 0 Å². The van der Waals surface area contributed by atoms with Gasteiger partial charge in [-0.3, -0.25) is 4.79 Å². The zero-order chi connectivity index (χ0) is 21.5. The molecule has 2 heterocycles. The molecule has 156 valence electrons. The molecule has 0 atom stereocenters. The van der Waals surface area contributed by atoms with Gasteiger partial charge in [-0.05, 0) is 67.5 Å². The van der Waals surface area contributed by atoms with Gasteiger partial charge in [0.25, 0.3) is 5.56 Å². The fraction of sp³-hybridized carbons (Fsp3) is 0.250. The van der Waals surface area contributed by atoms with Crippen molar-refractivity contribution >= 4 is 10.9 Å². The summed E-state index contributed by atoms with van der Waals surface area (Å²) >= 11 is 0. The van der Waals surface area contributed by atoms with E-state index in [1.807, 2.05) is 34.9 Å². The minimum atomic E-state index is 0.0412. The summed E-state index contributed by atoms with van der Waals surface area (Å²) in [6, 6.07) is 20.7. The van der Waals surface area contributed by atoms with Gasteiger partial charge in [-0.2, -0.15) is 0 Å². The van der Waals surface area contributed by atoms with Crippen LogP contribution in [0, 0.1) is 20.8 Å². The first kappa shape index (κ1) is 19.6. The molecule has 0 radical (unpaired) electrons. The van der Waals surface area contributed by atoms with E-state index >= 15 is 0 Å². The number of benzene rings is 3. The van der Waals surface area contributed by atoms with E-state index in [9.17, 15) is 4.79 Å². The lowest BCUT2D eigenvalue weighted by molar-refractivity contribution is 0.309. The summed E-state index contributed by atoms with van der Waals surface area (Å²) in [5, 5.41) is 1.04. The van der Waals surface area contributed by atoms with E-state index in [4.69, 9.17) is 4.74 Å². The van der Waals surface area contributed by atoms with Gasteiger partial charge < -0.3 is 9.30 Å². The van der Waals surface area contributed by atoms with E-state index in [2.05, 4.69) is 51.1 Å². The van der Waals surface area contributed by atoms with Crippen LogP contribution in [0.15, 0.2) is 65.5 Å². The third-order valence-electron chi connectivity index (χ3n) is 6.30. The summed E-state index contributed by atoms with van der Waals surface area (Å²) in [7, 11) is 0. The minimum absolute atomic E-state index is 0.0412. The Bertz CT molecular complexity index is 1350. The van der Waals surface area contributed by atoms with Crippen molar-refractivity contribution in [3.63, 3.8) is 0 Å². The molecule has 0 N–H and O–H groups in total. The Labute approximate surface area is 182 Å². The lowest BCUT2D eigenvalue weighted by Crippen LogP contribution is -2.27. The quantitative estimate of drug-likeness (QED) is 0.407. The lowest BCUT2D eigenvalue weighted by atomic mass is 9.95. The number of aromatic nitrogens is 1. The molecule has 0 aliphatic carbocycles. The van der Waals surface area contributed by atoms with Crippen molar-refractivity contribution in [3.8, 4) is 16.9 Å². The van der Waals surface area contributed by atoms with Gasteiger partial charge in [0.15, 0.2) is 0 Å². The number of hydrogen-bond donors (Lipinski definition) is 0. The maximum absolute atomic E-state index is 13.7. The van der Waals surface area contributed by atoms with Crippen LogP contribution in [-0.2, 0) is 19.6 Å². The maximum atomic E-state index is 13.7. The predicted molar refractivity (Wildman–Crippen MR) is 127 cm³/mol. The Hall–Kier alpha value is -3.33. The molecule has 3 heteroatoms.